The Kier molecular flexibility index (Phi) is 10.7. The van der Waals surface area contributed by atoms with Gasteiger partial charge in [0, 0.05) is 0 Å². The Bertz CT molecular complexity index is 163. The highest BCUT2D eigenvalue weighted by molar-refractivity contribution is 4.73. The van der Waals surface area contributed by atoms with Crippen LogP contribution < -0.4 is 5.32 Å². The van der Waals surface area contributed by atoms with Crippen molar-refractivity contribution >= 4 is 0 Å². The topological polar surface area (TPSA) is 12.0 Å². The molecular weight excluding hydrogens is 218 g/mol. The van der Waals surface area contributed by atoms with Gasteiger partial charge < -0.3 is 5.32 Å². The summed E-state index contributed by atoms with van der Waals surface area (Å²) in [6.45, 7) is 4.81. The fourth-order valence-corrected chi connectivity index (χ4v) is 2.58. The van der Waals surface area contributed by atoms with Crippen molar-refractivity contribution < 1.29 is 0 Å². The quantitative estimate of drug-likeness (QED) is 0.414. The average molecular weight is 253 g/mol. The van der Waals surface area contributed by atoms with Crippen molar-refractivity contribution in [1.29, 1.82) is 0 Å². The Morgan fingerprint density at radius 1 is 0.722 bits per heavy atom. The van der Waals surface area contributed by atoms with E-state index in [1.165, 1.54) is 96.6 Å². The van der Waals surface area contributed by atoms with E-state index in [-0.39, 0.29) is 0 Å². The third-order valence-electron chi connectivity index (χ3n) is 4.13. The zero-order valence-electron chi connectivity index (χ0n) is 12.7. The largest absolute Gasteiger partial charge is 0.317 e. The van der Waals surface area contributed by atoms with Crippen LogP contribution in [0.5, 0.6) is 0 Å². The fourth-order valence-electron chi connectivity index (χ4n) is 2.58. The predicted octanol–water partition coefficient (Wildman–Crippen LogP) is 5.30. The summed E-state index contributed by atoms with van der Waals surface area (Å²) < 4.78 is 0. The van der Waals surface area contributed by atoms with Crippen LogP contribution in [0.3, 0.4) is 0 Å². The summed E-state index contributed by atoms with van der Waals surface area (Å²) in [5.74, 6) is 1.09. The van der Waals surface area contributed by atoms with Crippen molar-refractivity contribution in [3.05, 3.63) is 0 Å². The Balaban J connectivity index is 1.60. The maximum Gasteiger partial charge on any atom is -0.00463 e. The Hall–Kier alpha value is -0.0400. The second-order valence-corrected chi connectivity index (χ2v) is 6.16. The van der Waals surface area contributed by atoms with E-state index in [0.29, 0.717) is 0 Å². The minimum absolute atomic E-state index is 1.09. The van der Waals surface area contributed by atoms with E-state index in [1.807, 2.05) is 0 Å². The predicted molar refractivity (Wildman–Crippen MR) is 82.1 cm³/mol. The standard InChI is InChI=1S/C17H35N/c1-2-3-4-5-6-7-8-9-10-11-15-18-16-14-17-12-13-17/h17-18H,2-16H2,1H3. The number of unbranched alkanes of at least 4 members (excludes halogenated alkanes) is 9. The summed E-state index contributed by atoms with van der Waals surface area (Å²) in [5, 5.41) is 3.58. The third-order valence-corrected chi connectivity index (χ3v) is 4.13. The maximum absolute atomic E-state index is 3.58. The second-order valence-electron chi connectivity index (χ2n) is 6.16. The molecule has 0 aliphatic heterocycles. The Morgan fingerprint density at radius 3 is 1.83 bits per heavy atom. The molecule has 1 fully saturated rings. The third kappa shape index (κ3) is 11.1. The molecule has 1 heteroatoms. The van der Waals surface area contributed by atoms with Gasteiger partial charge in [0.15, 0.2) is 0 Å². The van der Waals surface area contributed by atoms with E-state index >= 15 is 0 Å². The van der Waals surface area contributed by atoms with Crippen molar-refractivity contribution in [1.82, 2.24) is 5.32 Å². The van der Waals surface area contributed by atoms with Gasteiger partial charge in [0.1, 0.15) is 0 Å². The summed E-state index contributed by atoms with van der Waals surface area (Å²) >= 11 is 0. The molecule has 0 amide bonds. The molecule has 0 radical (unpaired) electrons. The molecule has 0 aromatic heterocycles. The van der Waals surface area contributed by atoms with Crippen LogP contribution in [-0.2, 0) is 0 Å². The minimum Gasteiger partial charge on any atom is -0.317 e. The van der Waals surface area contributed by atoms with E-state index in [1.54, 1.807) is 0 Å². The Labute approximate surface area is 115 Å². The van der Waals surface area contributed by atoms with Crippen LogP contribution in [-0.4, -0.2) is 13.1 Å². The minimum atomic E-state index is 1.09. The molecule has 0 aromatic carbocycles. The van der Waals surface area contributed by atoms with Gasteiger partial charge in [-0.2, -0.15) is 0 Å². The molecule has 0 aromatic rings. The molecule has 1 N–H and O–H groups in total. The van der Waals surface area contributed by atoms with Gasteiger partial charge in [0.05, 0.1) is 0 Å². The van der Waals surface area contributed by atoms with Crippen LogP contribution in [0, 0.1) is 5.92 Å². The summed E-state index contributed by atoms with van der Waals surface area (Å²) in [6, 6.07) is 0. The van der Waals surface area contributed by atoms with Crippen LogP contribution in [0.15, 0.2) is 0 Å². The lowest BCUT2D eigenvalue weighted by Crippen LogP contribution is -2.16. The van der Waals surface area contributed by atoms with Gasteiger partial charge in [0.25, 0.3) is 0 Å². The molecule has 0 saturated heterocycles. The van der Waals surface area contributed by atoms with E-state index in [4.69, 9.17) is 0 Å². The molecule has 108 valence electrons. The van der Waals surface area contributed by atoms with Crippen molar-refractivity contribution in [2.75, 3.05) is 13.1 Å². The number of rotatable bonds is 14. The van der Waals surface area contributed by atoms with Gasteiger partial charge in [-0.05, 0) is 31.8 Å². The first-order valence-corrected chi connectivity index (χ1v) is 8.64. The van der Waals surface area contributed by atoms with Gasteiger partial charge in [-0.1, -0.05) is 77.6 Å². The monoisotopic (exact) mass is 253 g/mol. The molecule has 0 atom stereocenters. The number of nitrogens with one attached hydrogen (secondary N) is 1. The highest BCUT2D eigenvalue weighted by Gasteiger charge is 2.19. The van der Waals surface area contributed by atoms with E-state index in [9.17, 15) is 0 Å². The molecule has 1 aliphatic rings. The lowest BCUT2D eigenvalue weighted by atomic mass is 10.1. The molecule has 0 spiro atoms. The molecular formula is C17H35N. The van der Waals surface area contributed by atoms with Gasteiger partial charge in [-0.3, -0.25) is 0 Å². The van der Waals surface area contributed by atoms with E-state index < -0.39 is 0 Å². The van der Waals surface area contributed by atoms with Crippen LogP contribution >= 0.6 is 0 Å². The zero-order valence-corrected chi connectivity index (χ0v) is 12.7. The summed E-state index contributed by atoms with van der Waals surface area (Å²) in [6.07, 6.45) is 18.9. The molecule has 18 heavy (non-hydrogen) atoms. The highest BCUT2D eigenvalue weighted by atomic mass is 14.8. The normalized spacial score (nSPS) is 15.2. The number of hydrogen-bond acceptors (Lipinski definition) is 1. The van der Waals surface area contributed by atoms with Crippen LogP contribution in [0.25, 0.3) is 0 Å². The van der Waals surface area contributed by atoms with Crippen molar-refractivity contribution in [2.24, 2.45) is 5.92 Å². The molecule has 0 heterocycles. The van der Waals surface area contributed by atoms with Crippen molar-refractivity contribution in [3.63, 3.8) is 0 Å². The number of hydrogen-bond donors (Lipinski definition) is 1. The van der Waals surface area contributed by atoms with Gasteiger partial charge in [0.2, 0.25) is 0 Å². The van der Waals surface area contributed by atoms with E-state index in [2.05, 4.69) is 12.2 Å². The first-order chi connectivity index (χ1) is 8.93. The van der Waals surface area contributed by atoms with Crippen molar-refractivity contribution in [2.45, 2.75) is 90.4 Å². The molecule has 0 unspecified atom stereocenters. The SMILES string of the molecule is CCCCCCCCCCCCNCCC1CC1. The van der Waals surface area contributed by atoms with E-state index in [0.717, 1.165) is 5.92 Å². The summed E-state index contributed by atoms with van der Waals surface area (Å²) in [4.78, 5) is 0. The average Bonchev–Trinajstić information content (AvgIpc) is 3.19. The highest BCUT2D eigenvalue weighted by Crippen LogP contribution is 2.31. The molecule has 1 saturated carbocycles. The first kappa shape index (κ1) is 16.0. The molecule has 1 nitrogen and oxygen atoms in total. The molecule has 1 rings (SSSR count). The summed E-state index contributed by atoms with van der Waals surface area (Å²) in [7, 11) is 0. The summed E-state index contributed by atoms with van der Waals surface area (Å²) in [5.41, 5.74) is 0. The molecule has 1 aliphatic carbocycles. The van der Waals surface area contributed by atoms with Crippen LogP contribution in [0.4, 0.5) is 0 Å². The van der Waals surface area contributed by atoms with Gasteiger partial charge in [-0.15, -0.1) is 0 Å². The van der Waals surface area contributed by atoms with Gasteiger partial charge >= 0.3 is 0 Å². The van der Waals surface area contributed by atoms with Crippen LogP contribution in [0.2, 0.25) is 0 Å². The maximum atomic E-state index is 3.58. The van der Waals surface area contributed by atoms with Crippen molar-refractivity contribution in [3.8, 4) is 0 Å². The second kappa shape index (κ2) is 12.0. The lowest BCUT2D eigenvalue weighted by Gasteiger charge is -2.04. The Morgan fingerprint density at radius 2 is 1.28 bits per heavy atom. The molecule has 0 bridgehead atoms. The zero-order chi connectivity index (χ0) is 12.9. The smallest absolute Gasteiger partial charge is 0.00463 e. The lowest BCUT2D eigenvalue weighted by molar-refractivity contribution is 0.536. The van der Waals surface area contributed by atoms with Gasteiger partial charge in [-0.25, -0.2) is 0 Å². The first-order valence-electron chi connectivity index (χ1n) is 8.64. The fraction of sp³-hybridized carbons (Fsp3) is 1.00. The van der Waals surface area contributed by atoms with Crippen LogP contribution in [0.1, 0.15) is 90.4 Å².